The van der Waals surface area contributed by atoms with Crippen molar-refractivity contribution in [2.75, 3.05) is 12.4 Å². The predicted molar refractivity (Wildman–Crippen MR) is 52.0 cm³/mol. The second-order valence-electron chi connectivity index (χ2n) is 3.00. The smallest absolute Gasteiger partial charge is 0.183 e. The fourth-order valence-electron chi connectivity index (χ4n) is 0.479. The highest BCUT2D eigenvalue weighted by Gasteiger charge is 2.12. The minimum absolute atomic E-state index is 0.867. The zero-order chi connectivity index (χ0) is 8.04. The van der Waals surface area contributed by atoms with E-state index in [1.807, 2.05) is 5.41 Å². The molecule has 0 aliphatic rings. The van der Waals surface area contributed by atoms with E-state index in [0.717, 1.165) is 12.4 Å². The Morgan fingerprint density at radius 3 is 2.50 bits per heavy atom. The van der Waals surface area contributed by atoms with E-state index >= 15 is 0 Å². The summed E-state index contributed by atoms with van der Waals surface area (Å²) in [6, 6.07) is 0. The summed E-state index contributed by atoms with van der Waals surface area (Å²) in [6.07, 6.45) is 0. The highest BCUT2D eigenvalue weighted by atomic mass is 32.2. The van der Waals surface area contributed by atoms with Crippen molar-refractivity contribution in [1.29, 1.82) is 0 Å². The molecule has 0 fully saturated rings. The molecule has 0 amide bonds. The first-order valence-electron chi connectivity index (χ1n) is 3.43. The molecule has 0 bridgehead atoms. The molecule has 0 saturated heterocycles. The van der Waals surface area contributed by atoms with Gasteiger partial charge in [-0.3, -0.25) is 0 Å². The molecule has 0 unspecified atom stereocenters. The van der Waals surface area contributed by atoms with Crippen LogP contribution in [-0.4, -0.2) is 20.7 Å². The summed E-state index contributed by atoms with van der Waals surface area (Å²) in [5, 5.41) is 1.85. The zero-order valence-corrected chi connectivity index (χ0v) is 8.83. The average molecular weight is 176 g/mol. The molecule has 0 radical (unpaired) electrons. The molecule has 0 aromatic carbocycles. The molecule has 0 spiro atoms. The van der Waals surface area contributed by atoms with Crippen LogP contribution in [0.15, 0.2) is 12.0 Å². The van der Waals surface area contributed by atoms with Crippen LogP contribution in [0.4, 0.5) is 0 Å². The van der Waals surface area contributed by atoms with Crippen LogP contribution in [0.5, 0.6) is 0 Å². The molecule has 0 atom stereocenters. The highest BCUT2D eigenvalue weighted by molar-refractivity contribution is 8.02. The number of hydrogen-bond donors (Lipinski definition) is 0. The maximum Gasteiger partial charge on any atom is 0.183 e. The molecule has 1 nitrogen and oxygen atoms in total. The van der Waals surface area contributed by atoms with Crippen LogP contribution >= 0.6 is 11.8 Å². The summed E-state index contributed by atoms with van der Waals surface area (Å²) >= 11 is 1.71. The third kappa shape index (κ3) is 8.27. The molecule has 60 valence electrons. The number of rotatable bonds is 5. The lowest BCUT2D eigenvalue weighted by molar-refractivity contribution is 0.338. The topological polar surface area (TPSA) is 9.23 Å². The van der Waals surface area contributed by atoms with Crippen molar-refractivity contribution >= 4 is 20.1 Å². The normalized spacial score (nSPS) is 11.5. The summed E-state index contributed by atoms with van der Waals surface area (Å²) in [4.78, 5) is 0. The van der Waals surface area contributed by atoms with Gasteiger partial charge >= 0.3 is 0 Å². The minimum atomic E-state index is -1.25. The third-order valence-electron chi connectivity index (χ3n) is 0.854. The van der Waals surface area contributed by atoms with Gasteiger partial charge in [-0.15, -0.1) is 11.8 Å². The van der Waals surface area contributed by atoms with Crippen LogP contribution in [-0.2, 0) is 4.43 Å². The lowest BCUT2D eigenvalue weighted by atomic mass is 10.9. The van der Waals surface area contributed by atoms with E-state index in [1.54, 1.807) is 11.8 Å². The Labute approximate surface area is 69.0 Å². The summed E-state index contributed by atoms with van der Waals surface area (Å²) in [5.74, 6) is 1.04. The zero-order valence-electron chi connectivity index (χ0n) is 7.02. The number of hydrogen-bond acceptors (Lipinski definition) is 2. The van der Waals surface area contributed by atoms with E-state index in [1.165, 1.54) is 0 Å². The Bertz CT molecular complexity index is 98.3. The average Bonchev–Trinajstić information content (AvgIpc) is 1.78. The van der Waals surface area contributed by atoms with Gasteiger partial charge in [0.05, 0.1) is 0 Å². The number of thioether (sulfide) groups is 1. The Morgan fingerprint density at radius 2 is 2.10 bits per heavy atom. The van der Waals surface area contributed by atoms with E-state index in [2.05, 4.69) is 26.2 Å². The fraction of sp³-hybridized carbons (Fsp3) is 0.714. The molecule has 0 N–H and O–H groups in total. The molecular weight excluding hydrogens is 160 g/mol. The Balaban J connectivity index is 3.12. The largest absolute Gasteiger partial charge is 0.417 e. The van der Waals surface area contributed by atoms with Gasteiger partial charge in [0.25, 0.3) is 0 Å². The van der Waals surface area contributed by atoms with Gasteiger partial charge in [-0.25, -0.2) is 0 Å². The van der Waals surface area contributed by atoms with Crippen molar-refractivity contribution in [2.45, 2.75) is 19.6 Å². The summed E-state index contributed by atoms with van der Waals surface area (Å²) in [5.41, 5.74) is 0. The quantitative estimate of drug-likeness (QED) is 0.470. The lowest BCUT2D eigenvalue weighted by Crippen LogP contribution is -2.26. The van der Waals surface area contributed by atoms with E-state index in [4.69, 9.17) is 4.43 Å². The molecule has 3 heteroatoms. The van der Waals surface area contributed by atoms with Gasteiger partial charge in [0, 0.05) is 12.4 Å². The van der Waals surface area contributed by atoms with Crippen molar-refractivity contribution in [3.8, 4) is 0 Å². The molecule has 0 saturated carbocycles. The van der Waals surface area contributed by atoms with Gasteiger partial charge < -0.3 is 4.43 Å². The highest BCUT2D eigenvalue weighted by Crippen LogP contribution is 2.05. The van der Waals surface area contributed by atoms with Gasteiger partial charge in [-0.1, -0.05) is 6.58 Å². The predicted octanol–water partition coefficient (Wildman–Crippen LogP) is 2.71. The fourth-order valence-corrected chi connectivity index (χ4v) is 1.69. The molecular formula is C7H16OSSi. The third-order valence-corrected chi connectivity index (χ3v) is 2.56. The Kier molecular flexibility index (Phi) is 5.12. The molecule has 0 aromatic rings. The monoisotopic (exact) mass is 176 g/mol. The molecule has 10 heavy (non-hydrogen) atoms. The van der Waals surface area contributed by atoms with Gasteiger partial charge in [-0.2, -0.15) is 0 Å². The van der Waals surface area contributed by atoms with E-state index in [0.29, 0.717) is 0 Å². The van der Waals surface area contributed by atoms with Gasteiger partial charge in [0.1, 0.15) is 0 Å². The molecule has 0 rings (SSSR count). The van der Waals surface area contributed by atoms with Gasteiger partial charge in [0.2, 0.25) is 0 Å². The van der Waals surface area contributed by atoms with Crippen molar-refractivity contribution in [1.82, 2.24) is 0 Å². The van der Waals surface area contributed by atoms with Crippen LogP contribution < -0.4 is 0 Å². The first-order chi connectivity index (χ1) is 4.56. The Hall–Kier alpha value is 0.267. The van der Waals surface area contributed by atoms with Crippen molar-refractivity contribution in [3.63, 3.8) is 0 Å². The van der Waals surface area contributed by atoms with Crippen LogP contribution in [0, 0.1) is 0 Å². The molecule has 0 aliphatic carbocycles. The van der Waals surface area contributed by atoms with Crippen LogP contribution in [0.1, 0.15) is 0 Å². The summed E-state index contributed by atoms with van der Waals surface area (Å²) < 4.78 is 5.60. The van der Waals surface area contributed by atoms with Crippen molar-refractivity contribution in [3.05, 3.63) is 12.0 Å². The van der Waals surface area contributed by atoms with Crippen molar-refractivity contribution < 1.29 is 4.43 Å². The van der Waals surface area contributed by atoms with Crippen molar-refractivity contribution in [2.24, 2.45) is 0 Å². The second-order valence-corrected chi connectivity index (χ2v) is 8.59. The summed E-state index contributed by atoms with van der Waals surface area (Å²) in [7, 11) is -1.25. The van der Waals surface area contributed by atoms with Gasteiger partial charge in [-0.05, 0) is 25.0 Å². The SMILES string of the molecule is C=CSCCO[Si](C)(C)C. The first-order valence-corrected chi connectivity index (χ1v) is 7.88. The van der Waals surface area contributed by atoms with E-state index in [-0.39, 0.29) is 0 Å². The van der Waals surface area contributed by atoms with E-state index < -0.39 is 8.32 Å². The van der Waals surface area contributed by atoms with Crippen LogP contribution in [0.2, 0.25) is 19.6 Å². The van der Waals surface area contributed by atoms with Crippen LogP contribution in [0.25, 0.3) is 0 Å². The molecule has 0 aromatic heterocycles. The van der Waals surface area contributed by atoms with Crippen LogP contribution in [0.3, 0.4) is 0 Å². The first kappa shape index (κ1) is 10.3. The lowest BCUT2D eigenvalue weighted by Gasteiger charge is -2.16. The standard InChI is InChI=1S/C7H16OSSi/c1-5-9-7-6-8-10(2,3)4/h5H,1,6-7H2,2-4H3. The van der Waals surface area contributed by atoms with Gasteiger partial charge in [0.15, 0.2) is 8.32 Å². The second kappa shape index (κ2) is 4.99. The molecule has 0 heterocycles. The minimum Gasteiger partial charge on any atom is -0.417 e. The van der Waals surface area contributed by atoms with E-state index in [9.17, 15) is 0 Å². The maximum atomic E-state index is 5.60. The maximum absolute atomic E-state index is 5.60. The summed E-state index contributed by atoms with van der Waals surface area (Å²) in [6.45, 7) is 11.1. The molecule has 0 aliphatic heterocycles. The Morgan fingerprint density at radius 1 is 1.50 bits per heavy atom.